The van der Waals surface area contributed by atoms with Gasteiger partial charge in [-0.25, -0.2) is 14.8 Å². The second kappa shape index (κ2) is 4.82. The molecule has 4 heterocycles. The molecule has 0 aromatic carbocycles. The van der Waals surface area contributed by atoms with Crippen LogP contribution in [0.15, 0.2) is 17.0 Å². The van der Waals surface area contributed by atoms with Gasteiger partial charge in [0.2, 0.25) is 0 Å². The number of carbonyl (C=O) groups is 1. The van der Waals surface area contributed by atoms with Crippen molar-refractivity contribution in [2.24, 2.45) is 0 Å². The maximum absolute atomic E-state index is 11.9. The summed E-state index contributed by atoms with van der Waals surface area (Å²) in [5.41, 5.74) is 6.59. The summed E-state index contributed by atoms with van der Waals surface area (Å²) in [6.07, 6.45) is 2.59. The Morgan fingerprint density at radius 2 is 2.32 bits per heavy atom. The van der Waals surface area contributed by atoms with E-state index in [4.69, 9.17) is 15.2 Å². The number of hydrogen-bond donors (Lipinski definition) is 1. The maximum Gasteiger partial charge on any atom is 0.410 e. The zero-order valence-electron chi connectivity index (χ0n) is 11.8. The van der Waals surface area contributed by atoms with Crippen molar-refractivity contribution in [1.29, 1.82) is 0 Å². The number of anilines is 1. The highest BCUT2D eigenvalue weighted by atomic mass is 79.9. The highest BCUT2D eigenvalue weighted by Crippen LogP contribution is 2.33. The van der Waals surface area contributed by atoms with Crippen LogP contribution < -0.4 is 5.73 Å². The Labute approximate surface area is 134 Å². The van der Waals surface area contributed by atoms with Crippen molar-refractivity contribution in [3.8, 4) is 0 Å². The van der Waals surface area contributed by atoms with Crippen molar-refractivity contribution in [3.05, 3.63) is 22.8 Å². The van der Waals surface area contributed by atoms with Gasteiger partial charge in [0, 0.05) is 12.4 Å². The number of nitrogens with two attached hydrogens (primary N) is 1. The largest absolute Gasteiger partial charge is 0.444 e. The Kier molecular flexibility index (Phi) is 3.01. The Hall–Kier alpha value is -1.87. The quantitative estimate of drug-likeness (QED) is 0.817. The smallest absolute Gasteiger partial charge is 0.410 e. The zero-order chi connectivity index (χ0) is 15.4. The van der Waals surface area contributed by atoms with E-state index in [1.807, 2.05) is 11.3 Å². The number of nitrogens with zero attached hydrogens (tertiary/aromatic N) is 4. The van der Waals surface area contributed by atoms with E-state index in [0.29, 0.717) is 34.9 Å². The molecule has 2 aromatic rings. The average molecular weight is 368 g/mol. The van der Waals surface area contributed by atoms with Gasteiger partial charge < -0.3 is 15.2 Å². The molecule has 2 aliphatic heterocycles. The van der Waals surface area contributed by atoms with Gasteiger partial charge in [-0.05, 0) is 22.9 Å². The fourth-order valence-electron chi connectivity index (χ4n) is 3.00. The summed E-state index contributed by atoms with van der Waals surface area (Å²) in [6, 6.07) is -0.0369. The fraction of sp³-hybridized carbons (Fsp3) is 0.462. The molecule has 116 valence electrons. The van der Waals surface area contributed by atoms with Crippen LogP contribution in [0, 0.1) is 0 Å². The minimum Gasteiger partial charge on any atom is -0.444 e. The maximum atomic E-state index is 11.9. The molecule has 0 unspecified atom stereocenters. The summed E-state index contributed by atoms with van der Waals surface area (Å²) < 4.78 is 13.6. The lowest BCUT2D eigenvalue weighted by molar-refractivity contribution is -0.0471. The number of amides is 1. The average Bonchev–Trinajstić information content (AvgIpc) is 2.98. The van der Waals surface area contributed by atoms with E-state index in [1.165, 1.54) is 0 Å². The van der Waals surface area contributed by atoms with Crippen LogP contribution in [0.25, 0.3) is 5.52 Å². The molecule has 0 aliphatic carbocycles. The predicted octanol–water partition coefficient (Wildman–Crippen LogP) is 1.35. The molecule has 22 heavy (non-hydrogen) atoms. The number of morpholine rings is 1. The van der Waals surface area contributed by atoms with Gasteiger partial charge in [0.1, 0.15) is 28.2 Å². The van der Waals surface area contributed by atoms with Crippen molar-refractivity contribution < 1.29 is 14.3 Å². The number of aromatic nitrogens is 3. The van der Waals surface area contributed by atoms with Crippen LogP contribution in [0.1, 0.15) is 18.9 Å². The molecule has 0 spiro atoms. The molecule has 1 amide bonds. The molecule has 2 aromatic heterocycles. The molecule has 4 rings (SSSR count). The molecule has 3 atom stereocenters. The lowest BCUT2D eigenvalue weighted by Crippen LogP contribution is -2.47. The Morgan fingerprint density at radius 3 is 3.14 bits per heavy atom. The molecule has 2 saturated heterocycles. The van der Waals surface area contributed by atoms with Crippen molar-refractivity contribution in [2.45, 2.75) is 25.2 Å². The fourth-order valence-corrected chi connectivity index (χ4v) is 3.58. The topological polar surface area (TPSA) is 95.0 Å². The van der Waals surface area contributed by atoms with Crippen LogP contribution in [0.2, 0.25) is 0 Å². The van der Waals surface area contributed by atoms with E-state index in [2.05, 4.69) is 25.9 Å². The summed E-state index contributed by atoms with van der Waals surface area (Å²) in [7, 11) is 0. The first-order valence-corrected chi connectivity index (χ1v) is 7.72. The third-order valence-electron chi connectivity index (χ3n) is 4.15. The second-order valence-corrected chi connectivity index (χ2v) is 6.17. The molecular weight excluding hydrogens is 354 g/mol. The zero-order valence-corrected chi connectivity index (χ0v) is 13.4. The van der Waals surface area contributed by atoms with Gasteiger partial charge in [-0.1, -0.05) is 0 Å². The summed E-state index contributed by atoms with van der Waals surface area (Å²) in [4.78, 5) is 22.2. The molecule has 2 N–H and O–H groups in total. The number of fused-ring (bicyclic) bond motifs is 2. The lowest BCUT2D eigenvalue weighted by Gasteiger charge is -2.33. The minimum atomic E-state index is -0.338. The third kappa shape index (κ3) is 1.88. The van der Waals surface area contributed by atoms with Gasteiger partial charge in [0.25, 0.3) is 0 Å². The standard InChI is InChI=1S/C13H14BrN5O3/c1-6-7-5-21-8(4-19(7)13(20)22-6)12-17-10(14)9-11(15)16-2-3-18(9)12/h2-3,6-8H,4-5H2,1H3,(H2,15,16)/t6-,7+,8-/m1/s1. The first-order valence-electron chi connectivity index (χ1n) is 6.93. The number of halogens is 1. The number of ether oxygens (including phenoxy) is 2. The molecule has 8 nitrogen and oxygen atoms in total. The van der Waals surface area contributed by atoms with Crippen LogP contribution in [0.4, 0.5) is 10.6 Å². The minimum absolute atomic E-state index is 0.0369. The van der Waals surface area contributed by atoms with Crippen LogP contribution in [-0.4, -0.2) is 50.7 Å². The summed E-state index contributed by atoms with van der Waals surface area (Å²) in [5.74, 6) is 1.07. The monoisotopic (exact) mass is 367 g/mol. The van der Waals surface area contributed by atoms with Gasteiger partial charge >= 0.3 is 6.09 Å². The Morgan fingerprint density at radius 1 is 1.50 bits per heavy atom. The van der Waals surface area contributed by atoms with Crippen molar-refractivity contribution >= 4 is 33.4 Å². The summed E-state index contributed by atoms with van der Waals surface area (Å²) in [5, 5.41) is 0. The van der Waals surface area contributed by atoms with Crippen LogP contribution in [0.3, 0.4) is 0 Å². The van der Waals surface area contributed by atoms with Crippen LogP contribution in [0.5, 0.6) is 0 Å². The molecule has 2 fully saturated rings. The number of hydrogen-bond acceptors (Lipinski definition) is 6. The van der Waals surface area contributed by atoms with Gasteiger partial charge in [-0.2, -0.15) is 0 Å². The van der Waals surface area contributed by atoms with Crippen LogP contribution in [-0.2, 0) is 9.47 Å². The molecule has 2 aliphatic rings. The summed E-state index contributed by atoms with van der Waals surface area (Å²) in [6.45, 7) is 2.70. The van der Waals surface area contributed by atoms with Gasteiger partial charge in [0.05, 0.1) is 19.2 Å². The normalized spacial score (nSPS) is 28.0. The highest BCUT2D eigenvalue weighted by molar-refractivity contribution is 9.10. The van der Waals surface area contributed by atoms with Gasteiger partial charge in [-0.15, -0.1) is 0 Å². The number of nitrogen functional groups attached to an aromatic ring is 1. The van der Waals surface area contributed by atoms with Gasteiger partial charge in [0.15, 0.2) is 5.82 Å². The molecule has 9 heteroatoms. The van der Waals surface area contributed by atoms with Gasteiger partial charge in [-0.3, -0.25) is 9.30 Å². The SMILES string of the molecule is C[C@H]1OC(=O)N2C[C@H](c3nc(Br)c4c(N)nccn34)OC[C@@H]12. The van der Waals surface area contributed by atoms with E-state index in [9.17, 15) is 4.79 Å². The first kappa shape index (κ1) is 13.8. The highest BCUT2D eigenvalue weighted by Gasteiger charge is 2.44. The van der Waals surface area contributed by atoms with E-state index in [0.717, 1.165) is 0 Å². The van der Waals surface area contributed by atoms with Crippen molar-refractivity contribution in [3.63, 3.8) is 0 Å². The third-order valence-corrected chi connectivity index (χ3v) is 4.70. The molecule has 0 bridgehead atoms. The van der Waals surface area contributed by atoms with Crippen molar-refractivity contribution in [2.75, 3.05) is 18.9 Å². The number of rotatable bonds is 1. The van der Waals surface area contributed by atoms with E-state index >= 15 is 0 Å². The Balaban J connectivity index is 1.72. The number of imidazole rings is 1. The lowest BCUT2D eigenvalue weighted by atomic mass is 10.1. The van der Waals surface area contributed by atoms with Crippen molar-refractivity contribution in [1.82, 2.24) is 19.3 Å². The number of cyclic esters (lactones) is 1. The van der Waals surface area contributed by atoms with E-state index in [-0.39, 0.29) is 24.3 Å². The summed E-state index contributed by atoms with van der Waals surface area (Å²) >= 11 is 3.40. The van der Waals surface area contributed by atoms with E-state index < -0.39 is 0 Å². The molecular formula is C13H14BrN5O3. The molecule has 0 saturated carbocycles. The predicted molar refractivity (Wildman–Crippen MR) is 80.2 cm³/mol. The second-order valence-electron chi connectivity index (χ2n) is 5.42. The van der Waals surface area contributed by atoms with Crippen LogP contribution >= 0.6 is 15.9 Å². The molecule has 0 radical (unpaired) electrons. The first-order chi connectivity index (χ1) is 10.6. The number of carbonyl (C=O) groups excluding carboxylic acids is 1. The Bertz CT molecular complexity index is 763. The van der Waals surface area contributed by atoms with E-state index in [1.54, 1.807) is 17.3 Å².